The van der Waals surface area contributed by atoms with Crippen molar-refractivity contribution in [1.82, 2.24) is 0 Å². The van der Waals surface area contributed by atoms with Crippen LogP contribution in [0.25, 0.3) is 0 Å². The highest BCUT2D eigenvalue weighted by Gasteiger charge is 2.53. The number of carbonyl (C=O) groups is 1. The number of hydrogen-bond acceptors (Lipinski definition) is 2. The summed E-state index contributed by atoms with van der Waals surface area (Å²) < 4.78 is 6.06. The number of halogens is 1. The maximum absolute atomic E-state index is 11.3. The number of ether oxygens (including phenoxy) is 1. The summed E-state index contributed by atoms with van der Waals surface area (Å²) in [5.41, 5.74) is 1.14. The van der Waals surface area contributed by atoms with Crippen molar-refractivity contribution in [2.24, 2.45) is 0 Å². The molecular formula is C12H13BrO3. The van der Waals surface area contributed by atoms with Crippen LogP contribution in [0, 0.1) is 6.92 Å². The van der Waals surface area contributed by atoms with Gasteiger partial charge >= 0.3 is 5.97 Å². The second-order valence-corrected chi connectivity index (χ2v) is 4.99. The Labute approximate surface area is 103 Å². The molecule has 1 aromatic carbocycles. The van der Waals surface area contributed by atoms with E-state index in [0.717, 1.165) is 15.6 Å². The van der Waals surface area contributed by atoms with Crippen LogP contribution in [0.4, 0.5) is 0 Å². The third-order valence-electron chi connectivity index (χ3n) is 3.14. The van der Waals surface area contributed by atoms with Crippen molar-refractivity contribution in [3.8, 4) is 5.75 Å². The van der Waals surface area contributed by atoms with Gasteiger partial charge < -0.3 is 9.84 Å². The maximum Gasteiger partial charge on any atom is 0.314 e. The maximum atomic E-state index is 11.3. The molecule has 0 unspecified atom stereocenters. The van der Waals surface area contributed by atoms with Crippen molar-refractivity contribution in [1.29, 1.82) is 0 Å². The molecule has 16 heavy (non-hydrogen) atoms. The lowest BCUT2D eigenvalue weighted by Gasteiger charge is -2.15. The Bertz CT molecular complexity index is 450. The number of benzene rings is 1. The molecule has 0 spiro atoms. The van der Waals surface area contributed by atoms with E-state index in [9.17, 15) is 9.90 Å². The van der Waals surface area contributed by atoms with Gasteiger partial charge in [-0.15, -0.1) is 0 Å². The number of aryl methyl sites for hydroxylation is 1. The largest absolute Gasteiger partial charge is 0.497 e. The molecule has 0 atom stereocenters. The Morgan fingerprint density at radius 3 is 2.56 bits per heavy atom. The molecule has 0 bridgehead atoms. The molecule has 3 nitrogen and oxygen atoms in total. The lowest BCUT2D eigenvalue weighted by atomic mass is 9.94. The minimum atomic E-state index is -0.749. The zero-order valence-corrected chi connectivity index (χ0v) is 10.8. The number of rotatable bonds is 3. The van der Waals surface area contributed by atoms with E-state index in [2.05, 4.69) is 15.9 Å². The van der Waals surface area contributed by atoms with Crippen molar-refractivity contribution in [2.75, 3.05) is 7.11 Å². The summed E-state index contributed by atoms with van der Waals surface area (Å²) in [6.45, 7) is 1.94. The predicted molar refractivity (Wildman–Crippen MR) is 64.0 cm³/mol. The number of aliphatic carboxylic acids is 1. The molecule has 0 aromatic heterocycles. The average molecular weight is 285 g/mol. The SMILES string of the molecule is COc1cc(C)c(Br)c(C2(C(=O)O)CC2)c1. The molecule has 1 aliphatic carbocycles. The van der Waals surface area contributed by atoms with Crippen LogP contribution in [0.15, 0.2) is 16.6 Å². The van der Waals surface area contributed by atoms with Crippen LogP contribution < -0.4 is 4.74 Å². The summed E-state index contributed by atoms with van der Waals surface area (Å²) in [5, 5.41) is 9.27. The highest BCUT2D eigenvalue weighted by molar-refractivity contribution is 9.10. The van der Waals surface area contributed by atoms with E-state index in [-0.39, 0.29) is 0 Å². The summed E-state index contributed by atoms with van der Waals surface area (Å²) >= 11 is 3.47. The van der Waals surface area contributed by atoms with Gasteiger partial charge in [0.1, 0.15) is 5.75 Å². The van der Waals surface area contributed by atoms with Crippen LogP contribution in [0.3, 0.4) is 0 Å². The first-order valence-electron chi connectivity index (χ1n) is 5.09. The molecule has 0 aliphatic heterocycles. The summed E-state index contributed by atoms with van der Waals surface area (Å²) in [7, 11) is 1.59. The fourth-order valence-corrected chi connectivity index (χ4v) is 2.53. The first-order chi connectivity index (χ1) is 7.51. The van der Waals surface area contributed by atoms with Crippen molar-refractivity contribution in [3.05, 3.63) is 27.7 Å². The first kappa shape index (κ1) is 11.5. The zero-order valence-electron chi connectivity index (χ0n) is 9.21. The minimum absolute atomic E-state index is 0.696. The number of carboxylic acid groups (broad SMARTS) is 1. The third-order valence-corrected chi connectivity index (χ3v) is 4.19. The Balaban J connectivity index is 2.56. The molecule has 0 amide bonds. The van der Waals surface area contributed by atoms with E-state index >= 15 is 0 Å². The highest BCUT2D eigenvalue weighted by Crippen LogP contribution is 2.52. The van der Waals surface area contributed by atoms with Gasteiger partial charge in [0.25, 0.3) is 0 Å². The molecule has 1 N–H and O–H groups in total. The van der Waals surface area contributed by atoms with Crippen molar-refractivity contribution in [2.45, 2.75) is 25.2 Å². The van der Waals surface area contributed by atoms with Gasteiger partial charge in [0, 0.05) is 4.47 Å². The molecule has 86 valence electrons. The van der Waals surface area contributed by atoms with Crippen LogP contribution in [-0.4, -0.2) is 18.2 Å². The van der Waals surface area contributed by atoms with Gasteiger partial charge in [0.2, 0.25) is 0 Å². The minimum Gasteiger partial charge on any atom is -0.497 e. The van der Waals surface area contributed by atoms with Crippen LogP contribution in [0.1, 0.15) is 24.0 Å². The normalized spacial score (nSPS) is 16.9. The smallest absolute Gasteiger partial charge is 0.314 e. The van der Waals surface area contributed by atoms with Crippen LogP contribution in [-0.2, 0) is 10.2 Å². The Morgan fingerprint density at radius 2 is 2.12 bits per heavy atom. The van der Waals surface area contributed by atoms with E-state index in [0.29, 0.717) is 18.6 Å². The van der Waals surface area contributed by atoms with Crippen LogP contribution in [0.2, 0.25) is 0 Å². The Hall–Kier alpha value is -1.03. The molecule has 1 fully saturated rings. The fraction of sp³-hybridized carbons (Fsp3) is 0.417. The van der Waals surface area contributed by atoms with Gasteiger partial charge in [0.15, 0.2) is 0 Å². The van der Waals surface area contributed by atoms with Crippen molar-refractivity contribution in [3.63, 3.8) is 0 Å². The fourth-order valence-electron chi connectivity index (χ4n) is 1.93. The van der Waals surface area contributed by atoms with E-state index in [1.807, 2.05) is 19.1 Å². The van der Waals surface area contributed by atoms with Gasteiger partial charge in [0.05, 0.1) is 12.5 Å². The molecule has 1 aromatic rings. The van der Waals surface area contributed by atoms with Gasteiger partial charge in [-0.05, 0) is 43.0 Å². The zero-order chi connectivity index (χ0) is 11.9. The quantitative estimate of drug-likeness (QED) is 0.928. The summed E-state index contributed by atoms with van der Waals surface area (Å²) in [5.74, 6) is -0.0379. The van der Waals surface area contributed by atoms with Crippen LogP contribution >= 0.6 is 15.9 Å². The first-order valence-corrected chi connectivity index (χ1v) is 5.88. The summed E-state index contributed by atoms with van der Waals surface area (Å²) in [4.78, 5) is 11.3. The lowest BCUT2D eigenvalue weighted by Crippen LogP contribution is -2.20. The second kappa shape index (κ2) is 3.77. The predicted octanol–water partition coefficient (Wildman–Crippen LogP) is 2.88. The standard InChI is InChI=1S/C12H13BrO3/c1-7-5-8(16-2)6-9(10(7)13)12(3-4-12)11(14)15/h5-6H,3-4H2,1-2H3,(H,14,15). The van der Waals surface area contributed by atoms with Gasteiger partial charge in [-0.2, -0.15) is 0 Å². The topological polar surface area (TPSA) is 46.5 Å². The molecule has 4 heteroatoms. The lowest BCUT2D eigenvalue weighted by molar-refractivity contribution is -0.140. The molecule has 1 saturated carbocycles. The Kier molecular flexibility index (Phi) is 2.70. The monoisotopic (exact) mass is 284 g/mol. The second-order valence-electron chi connectivity index (χ2n) is 4.19. The molecule has 0 heterocycles. The number of methoxy groups -OCH3 is 1. The van der Waals surface area contributed by atoms with Gasteiger partial charge in [-0.1, -0.05) is 15.9 Å². The number of hydrogen-bond donors (Lipinski definition) is 1. The Morgan fingerprint density at radius 1 is 1.50 bits per heavy atom. The highest BCUT2D eigenvalue weighted by atomic mass is 79.9. The molecule has 0 radical (unpaired) electrons. The number of carboxylic acids is 1. The molecule has 0 saturated heterocycles. The van der Waals surface area contributed by atoms with Crippen LogP contribution in [0.5, 0.6) is 5.75 Å². The van der Waals surface area contributed by atoms with Crippen molar-refractivity contribution >= 4 is 21.9 Å². The molecular weight excluding hydrogens is 272 g/mol. The summed E-state index contributed by atoms with van der Waals surface area (Å²) in [6, 6.07) is 3.71. The van der Waals surface area contributed by atoms with Gasteiger partial charge in [-0.25, -0.2) is 0 Å². The molecule has 1 aliphatic rings. The average Bonchev–Trinajstić information content (AvgIpc) is 3.02. The van der Waals surface area contributed by atoms with E-state index in [1.165, 1.54) is 0 Å². The molecule has 2 rings (SSSR count). The van der Waals surface area contributed by atoms with Gasteiger partial charge in [-0.3, -0.25) is 4.79 Å². The van der Waals surface area contributed by atoms with E-state index in [1.54, 1.807) is 7.11 Å². The third kappa shape index (κ3) is 1.61. The summed E-state index contributed by atoms with van der Waals surface area (Å²) in [6.07, 6.45) is 1.40. The van der Waals surface area contributed by atoms with E-state index in [4.69, 9.17) is 4.74 Å². The van der Waals surface area contributed by atoms with Crippen molar-refractivity contribution < 1.29 is 14.6 Å². The van der Waals surface area contributed by atoms with E-state index < -0.39 is 11.4 Å².